The van der Waals surface area contributed by atoms with E-state index in [1.807, 2.05) is 0 Å². The highest BCUT2D eigenvalue weighted by Crippen LogP contribution is 2.27. The Morgan fingerprint density at radius 3 is 2.10 bits per heavy atom. The summed E-state index contributed by atoms with van der Waals surface area (Å²) >= 11 is 2.28. The van der Waals surface area contributed by atoms with Gasteiger partial charge in [-0.05, 0) is 42.6 Å². The second kappa shape index (κ2) is 8.77. The summed E-state index contributed by atoms with van der Waals surface area (Å²) in [5.41, 5.74) is 3.17. The lowest BCUT2D eigenvalue weighted by molar-refractivity contribution is 0.159. The highest BCUT2D eigenvalue weighted by atomic mass is 127. The maximum Gasteiger partial charge on any atom is 0.186 e. The van der Waals surface area contributed by atoms with Crippen LogP contribution in [0.4, 0.5) is 0 Å². The Morgan fingerprint density at radius 1 is 1.10 bits per heavy atom. The molecule has 0 rings (SSSR count). The average molecular weight is 422 g/mol. The topological polar surface area (TPSA) is 9.23 Å². The molecule has 0 fully saturated rings. The van der Waals surface area contributed by atoms with Crippen molar-refractivity contribution in [2.45, 2.75) is 77.5 Å². The molecular weight excluding hydrogens is 391 g/mol. The molecule has 0 saturated heterocycles. The third-order valence-corrected chi connectivity index (χ3v) is 4.83. The van der Waals surface area contributed by atoms with Crippen molar-refractivity contribution >= 4 is 39.0 Å². The fraction of sp³-hybridized carbons (Fsp3) is 0.750. The fourth-order valence-electron chi connectivity index (χ4n) is 1.88. The van der Waals surface area contributed by atoms with E-state index in [9.17, 15) is 0 Å². The summed E-state index contributed by atoms with van der Waals surface area (Å²) < 4.78 is 8.58. The second-order valence-electron chi connectivity index (χ2n) is 7.35. The van der Waals surface area contributed by atoms with Crippen molar-refractivity contribution in [2.75, 3.05) is 0 Å². The summed E-state index contributed by atoms with van der Waals surface area (Å²) in [6.45, 7) is 15.9. The Balaban J connectivity index is 5.36. The molecule has 0 saturated carbocycles. The van der Waals surface area contributed by atoms with Crippen LogP contribution in [0.5, 0.6) is 0 Å². The normalized spacial score (nSPS) is 15.8. The van der Waals surface area contributed by atoms with Crippen molar-refractivity contribution in [2.24, 2.45) is 0 Å². The molecule has 0 bridgehead atoms. The van der Waals surface area contributed by atoms with Gasteiger partial charge in [-0.1, -0.05) is 67.9 Å². The fourth-order valence-corrected chi connectivity index (χ4v) is 4.36. The smallest absolute Gasteiger partial charge is 0.186 e. The summed E-state index contributed by atoms with van der Waals surface area (Å²) in [6, 6.07) is 0. The molecule has 0 N–H and O–H groups in total. The van der Waals surface area contributed by atoms with E-state index in [-0.39, 0.29) is 5.60 Å². The van der Waals surface area contributed by atoms with Crippen LogP contribution in [0.1, 0.15) is 32.6 Å². The molecule has 0 amide bonds. The molecular formula is C16H31IOSi2. The minimum absolute atomic E-state index is 0.360. The lowest BCUT2D eigenvalue weighted by Crippen LogP contribution is -2.41. The molecule has 0 radical (unpaired) electrons. The van der Waals surface area contributed by atoms with E-state index in [4.69, 9.17) is 4.43 Å². The van der Waals surface area contributed by atoms with Gasteiger partial charge < -0.3 is 4.43 Å². The van der Waals surface area contributed by atoms with Crippen LogP contribution in [-0.2, 0) is 4.43 Å². The maximum atomic E-state index is 6.50. The van der Waals surface area contributed by atoms with Gasteiger partial charge in [-0.25, -0.2) is 0 Å². The standard InChI is InChI=1S/C16H31IOSi2/c1-8-9-10-11-16(12-14-17,18-20(5,6)7)13-15-19(2,3)4/h12,14H,8-11H2,1-7H3/b14-12+. The number of hydrogen-bond donors (Lipinski definition) is 0. The van der Waals surface area contributed by atoms with E-state index >= 15 is 0 Å². The van der Waals surface area contributed by atoms with Gasteiger partial charge in [0.15, 0.2) is 8.32 Å². The molecule has 1 atom stereocenters. The molecule has 0 aromatic heterocycles. The third kappa shape index (κ3) is 10.2. The largest absolute Gasteiger partial charge is 0.398 e. The maximum absolute atomic E-state index is 6.50. The molecule has 0 aliphatic heterocycles. The molecule has 0 aromatic carbocycles. The van der Waals surface area contributed by atoms with Gasteiger partial charge in [0.2, 0.25) is 0 Å². The number of rotatable bonds is 7. The van der Waals surface area contributed by atoms with E-state index in [0.29, 0.717) is 0 Å². The number of hydrogen-bond acceptors (Lipinski definition) is 1. The van der Waals surface area contributed by atoms with Crippen LogP contribution < -0.4 is 0 Å². The van der Waals surface area contributed by atoms with Crippen molar-refractivity contribution in [1.82, 2.24) is 0 Å². The zero-order valence-electron chi connectivity index (χ0n) is 14.3. The Morgan fingerprint density at radius 2 is 1.70 bits per heavy atom. The Labute approximate surface area is 142 Å². The monoisotopic (exact) mass is 422 g/mol. The Bertz CT molecular complexity index is 369. The van der Waals surface area contributed by atoms with Crippen molar-refractivity contribution in [3.63, 3.8) is 0 Å². The third-order valence-electron chi connectivity index (χ3n) is 2.62. The predicted octanol–water partition coefficient (Wildman–Crippen LogP) is 5.99. The zero-order valence-corrected chi connectivity index (χ0v) is 18.4. The summed E-state index contributed by atoms with van der Waals surface area (Å²) in [5.74, 6) is 3.52. The van der Waals surface area contributed by atoms with E-state index < -0.39 is 16.4 Å². The van der Waals surface area contributed by atoms with Crippen LogP contribution in [0, 0.1) is 11.5 Å². The molecule has 0 spiro atoms. The summed E-state index contributed by atoms with van der Waals surface area (Å²) in [4.78, 5) is 0. The molecule has 0 heterocycles. The first-order chi connectivity index (χ1) is 9.04. The molecule has 0 aliphatic rings. The average Bonchev–Trinajstić information content (AvgIpc) is 2.24. The second-order valence-corrected chi connectivity index (χ2v) is 17.3. The summed E-state index contributed by atoms with van der Waals surface area (Å²) in [5, 5.41) is 0. The Hall–Kier alpha value is 0.424. The number of halogens is 1. The van der Waals surface area contributed by atoms with Crippen molar-refractivity contribution in [3.05, 3.63) is 10.2 Å². The minimum atomic E-state index is -1.63. The molecule has 4 heteroatoms. The van der Waals surface area contributed by atoms with Crippen LogP contribution in [0.25, 0.3) is 0 Å². The zero-order chi connectivity index (χ0) is 15.9. The van der Waals surface area contributed by atoms with Crippen molar-refractivity contribution in [1.29, 1.82) is 0 Å². The predicted molar refractivity (Wildman–Crippen MR) is 106 cm³/mol. The lowest BCUT2D eigenvalue weighted by atomic mass is 9.97. The first-order valence-corrected chi connectivity index (χ1v) is 15.7. The van der Waals surface area contributed by atoms with Gasteiger partial charge in [-0.3, -0.25) is 0 Å². The molecule has 0 aromatic rings. The first-order valence-electron chi connectivity index (χ1n) is 7.56. The first kappa shape index (κ1) is 20.4. The van der Waals surface area contributed by atoms with Gasteiger partial charge >= 0.3 is 0 Å². The molecule has 0 aliphatic carbocycles. The molecule has 1 unspecified atom stereocenters. The molecule has 20 heavy (non-hydrogen) atoms. The van der Waals surface area contributed by atoms with Crippen LogP contribution in [0.3, 0.4) is 0 Å². The van der Waals surface area contributed by atoms with Gasteiger partial charge in [0.25, 0.3) is 0 Å². The van der Waals surface area contributed by atoms with Gasteiger partial charge in [-0.2, -0.15) is 0 Å². The van der Waals surface area contributed by atoms with Crippen LogP contribution in [0.2, 0.25) is 39.3 Å². The van der Waals surface area contributed by atoms with Gasteiger partial charge in [-0.15, -0.1) is 5.54 Å². The van der Waals surface area contributed by atoms with Crippen LogP contribution >= 0.6 is 22.6 Å². The van der Waals surface area contributed by atoms with Gasteiger partial charge in [0.05, 0.1) is 0 Å². The van der Waals surface area contributed by atoms with Gasteiger partial charge in [0, 0.05) is 0 Å². The summed E-state index contributed by atoms with van der Waals surface area (Å²) in [6.07, 6.45) is 6.86. The SMILES string of the molecule is CCCCCC(C#C[Si](C)(C)C)(/C=C/I)O[Si](C)(C)C. The highest BCUT2D eigenvalue weighted by molar-refractivity contribution is 14.1. The van der Waals surface area contributed by atoms with Crippen LogP contribution in [-0.4, -0.2) is 22.0 Å². The van der Waals surface area contributed by atoms with Crippen molar-refractivity contribution in [3.8, 4) is 11.5 Å². The number of unbranched alkanes of at least 4 members (excludes halogenated alkanes) is 2. The quantitative estimate of drug-likeness (QED) is 0.212. The molecule has 1 nitrogen and oxygen atoms in total. The van der Waals surface area contributed by atoms with E-state index in [1.165, 1.54) is 19.3 Å². The van der Waals surface area contributed by atoms with E-state index in [0.717, 1.165) is 6.42 Å². The van der Waals surface area contributed by atoms with Crippen molar-refractivity contribution < 1.29 is 4.43 Å². The van der Waals surface area contributed by atoms with Crippen LogP contribution in [0.15, 0.2) is 10.2 Å². The lowest BCUT2D eigenvalue weighted by Gasteiger charge is -2.33. The minimum Gasteiger partial charge on any atom is -0.398 e. The highest BCUT2D eigenvalue weighted by Gasteiger charge is 2.32. The van der Waals surface area contributed by atoms with E-state index in [2.05, 4.69) is 90.4 Å². The van der Waals surface area contributed by atoms with Gasteiger partial charge in [0.1, 0.15) is 13.7 Å². The Kier molecular flexibility index (Phi) is 8.95. The van der Waals surface area contributed by atoms with E-state index in [1.54, 1.807) is 0 Å². The molecule has 116 valence electrons. The summed E-state index contributed by atoms with van der Waals surface area (Å²) in [7, 11) is -3.01.